The molecule has 0 fully saturated rings. The SMILES string of the molecule is CC(=O)Nc1nnc(S(=O)(=O)NCCc2ccc3c(c2)OCO3)s1. The van der Waals surface area contributed by atoms with Gasteiger partial charge in [0.25, 0.3) is 10.0 Å². The van der Waals surface area contributed by atoms with Crippen molar-refractivity contribution in [3.63, 3.8) is 0 Å². The van der Waals surface area contributed by atoms with Crippen molar-refractivity contribution in [3.05, 3.63) is 23.8 Å². The number of sulfonamides is 1. The summed E-state index contributed by atoms with van der Waals surface area (Å²) in [5.41, 5.74) is 0.915. The van der Waals surface area contributed by atoms with Crippen molar-refractivity contribution < 1.29 is 22.7 Å². The Morgan fingerprint density at radius 2 is 2.08 bits per heavy atom. The highest BCUT2D eigenvalue weighted by Gasteiger charge is 2.20. The van der Waals surface area contributed by atoms with E-state index in [2.05, 4.69) is 20.2 Å². The molecule has 2 N–H and O–H groups in total. The van der Waals surface area contributed by atoms with E-state index in [-0.39, 0.29) is 28.7 Å². The van der Waals surface area contributed by atoms with E-state index in [0.717, 1.165) is 16.9 Å². The van der Waals surface area contributed by atoms with Crippen LogP contribution < -0.4 is 19.5 Å². The fourth-order valence-electron chi connectivity index (χ4n) is 2.01. The molecule has 3 rings (SSSR count). The highest BCUT2D eigenvalue weighted by atomic mass is 32.2. The van der Waals surface area contributed by atoms with Gasteiger partial charge in [0.2, 0.25) is 22.2 Å². The fourth-order valence-corrected chi connectivity index (χ4v) is 4.03. The normalized spacial score (nSPS) is 13.0. The van der Waals surface area contributed by atoms with Crippen molar-refractivity contribution in [2.45, 2.75) is 17.7 Å². The summed E-state index contributed by atoms with van der Waals surface area (Å²) in [6, 6.07) is 5.45. The molecule has 2 aromatic rings. The minimum Gasteiger partial charge on any atom is -0.454 e. The van der Waals surface area contributed by atoms with Gasteiger partial charge in [-0.05, 0) is 24.1 Å². The third kappa shape index (κ3) is 3.80. The molecule has 24 heavy (non-hydrogen) atoms. The number of hydrogen-bond acceptors (Lipinski definition) is 8. The zero-order valence-electron chi connectivity index (χ0n) is 12.6. The summed E-state index contributed by atoms with van der Waals surface area (Å²) in [5, 5.41) is 9.72. The van der Waals surface area contributed by atoms with Crippen LogP contribution in [0.2, 0.25) is 0 Å². The third-order valence-corrected chi connectivity index (χ3v) is 5.73. The first-order valence-corrected chi connectivity index (χ1v) is 9.23. The predicted octanol–water partition coefficient (Wildman–Crippen LogP) is 0.746. The van der Waals surface area contributed by atoms with Crippen LogP contribution in [0.4, 0.5) is 5.13 Å². The Morgan fingerprint density at radius 3 is 2.88 bits per heavy atom. The average Bonchev–Trinajstić information content (AvgIpc) is 3.15. The van der Waals surface area contributed by atoms with Gasteiger partial charge in [0.1, 0.15) is 0 Å². The van der Waals surface area contributed by atoms with Gasteiger partial charge in [0, 0.05) is 13.5 Å². The molecule has 9 nitrogen and oxygen atoms in total. The first-order valence-electron chi connectivity index (χ1n) is 6.93. The van der Waals surface area contributed by atoms with E-state index in [1.165, 1.54) is 6.92 Å². The van der Waals surface area contributed by atoms with Crippen molar-refractivity contribution in [1.82, 2.24) is 14.9 Å². The number of carbonyl (C=O) groups is 1. The second-order valence-electron chi connectivity index (χ2n) is 4.89. The largest absolute Gasteiger partial charge is 0.454 e. The molecule has 128 valence electrons. The number of ether oxygens (including phenoxy) is 2. The maximum absolute atomic E-state index is 12.1. The molecular weight excluding hydrogens is 356 g/mol. The van der Waals surface area contributed by atoms with Crippen molar-refractivity contribution in [3.8, 4) is 11.5 Å². The van der Waals surface area contributed by atoms with Crippen molar-refractivity contribution in [2.24, 2.45) is 0 Å². The van der Waals surface area contributed by atoms with Crippen LogP contribution >= 0.6 is 11.3 Å². The molecule has 11 heteroatoms. The molecule has 1 aliphatic heterocycles. The Kier molecular flexibility index (Phi) is 4.64. The molecule has 0 saturated heterocycles. The fraction of sp³-hybridized carbons (Fsp3) is 0.308. The summed E-state index contributed by atoms with van der Waals surface area (Å²) in [6.45, 7) is 1.69. The van der Waals surface area contributed by atoms with Crippen LogP contribution in [-0.4, -0.2) is 37.9 Å². The van der Waals surface area contributed by atoms with E-state index in [1.54, 1.807) is 6.07 Å². The zero-order valence-corrected chi connectivity index (χ0v) is 14.2. The molecule has 0 bridgehead atoms. The topological polar surface area (TPSA) is 120 Å². The molecule has 1 aromatic heterocycles. The molecule has 2 heterocycles. The molecule has 0 radical (unpaired) electrons. The van der Waals surface area contributed by atoms with E-state index >= 15 is 0 Å². The lowest BCUT2D eigenvalue weighted by Crippen LogP contribution is -2.25. The van der Waals surface area contributed by atoms with E-state index in [0.29, 0.717) is 17.9 Å². The summed E-state index contributed by atoms with van der Waals surface area (Å²) in [6.07, 6.45) is 0.479. The monoisotopic (exact) mass is 370 g/mol. The number of benzene rings is 1. The molecule has 0 atom stereocenters. The summed E-state index contributed by atoms with van der Waals surface area (Å²) < 4.78 is 37.1. The standard InChI is InChI=1S/C13H14N4O5S2/c1-8(18)15-12-16-17-13(23-12)24(19,20)14-5-4-9-2-3-10-11(6-9)22-7-21-10/h2-3,6,14H,4-5,7H2,1H3,(H,15,16,18). The first-order chi connectivity index (χ1) is 11.4. The minimum atomic E-state index is -3.77. The number of carbonyl (C=O) groups excluding carboxylic acids is 1. The van der Waals surface area contributed by atoms with E-state index < -0.39 is 10.0 Å². The Hall–Kier alpha value is -2.24. The Morgan fingerprint density at radius 1 is 1.29 bits per heavy atom. The number of hydrogen-bond donors (Lipinski definition) is 2. The van der Waals surface area contributed by atoms with Gasteiger partial charge in [-0.25, -0.2) is 13.1 Å². The summed E-state index contributed by atoms with van der Waals surface area (Å²) >= 11 is 0.790. The second kappa shape index (κ2) is 6.71. The van der Waals surface area contributed by atoms with Gasteiger partial charge < -0.3 is 14.8 Å². The number of nitrogens with one attached hydrogen (secondary N) is 2. The van der Waals surface area contributed by atoms with Crippen LogP contribution in [0.25, 0.3) is 0 Å². The molecule has 1 aromatic carbocycles. The van der Waals surface area contributed by atoms with Gasteiger partial charge in [-0.1, -0.05) is 17.4 Å². The van der Waals surface area contributed by atoms with Crippen LogP contribution in [0.5, 0.6) is 11.5 Å². The van der Waals surface area contributed by atoms with Crippen LogP contribution in [0.3, 0.4) is 0 Å². The number of anilines is 1. The molecule has 0 saturated carbocycles. The van der Waals surface area contributed by atoms with Crippen LogP contribution in [0.1, 0.15) is 12.5 Å². The maximum atomic E-state index is 12.1. The van der Waals surface area contributed by atoms with Crippen LogP contribution in [0, 0.1) is 0 Å². The summed E-state index contributed by atoms with van der Waals surface area (Å²) in [4.78, 5) is 10.9. The Balaban J connectivity index is 1.59. The number of amides is 1. The first kappa shape index (κ1) is 16.6. The highest BCUT2D eigenvalue weighted by Crippen LogP contribution is 2.32. The van der Waals surface area contributed by atoms with Gasteiger partial charge in [-0.15, -0.1) is 10.2 Å². The summed E-state index contributed by atoms with van der Waals surface area (Å²) in [5.74, 6) is 0.990. The number of aromatic nitrogens is 2. The zero-order chi connectivity index (χ0) is 17.2. The van der Waals surface area contributed by atoms with Crippen molar-refractivity contribution in [2.75, 3.05) is 18.7 Å². The molecule has 1 amide bonds. The van der Waals surface area contributed by atoms with E-state index in [1.807, 2.05) is 12.1 Å². The van der Waals surface area contributed by atoms with Crippen LogP contribution in [-0.2, 0) is 21.2 Å². The minimum absolute atomic E-state index is 0.138. The Bertz CT molecular complexity index is 865. The number of fused-ring (bicyclic) bond motifs is 1. The average molecular weight is 370 g/mol. The smallest absolute Gasteiger partial charge is 0.269 e. The lowest BCUT2D eigenvalue weighted by atomic mass is 10.1. The lowest BCUT2D eigenvalue weighted by molar-refractivity contribution is -0.114. The van der Waals surface area contributed by atoms with Crippen molar-refractivity contribution in [1.29, 1.82) is 0 Å². The molecule has 1 aliphatic rings. The van der Waals surface area contributed by atoms with E-state index in [9.17, 15) is 13.2 Å². The van der Waals surface area contributed by atoms with Crippen molar-refractivity contribution >= 4 is 32.4 Å². The number of nitrogens with zero attached hydrogens (tertiary/aromatic N) is 2. The maximum Gasteiger partial charge on any atom is 0.269 e. The molecular formula is C13H14N4O5S2. The molecule has 0 aliphatic carbocycles. The molecule has 0 unspecified atom stereocenters. The van der Waals surface area contributed by atoms with Gasteiger partial charge in [0.05, 0.1) is 0 Å². The second-order valence-corrected chi connectivity index (χ2v) is 7.81. The van der Waals surface area contributed by atoms with Gasteiger partial charge in [-0.3, -0.25) is 4.79 Å². The van der Waals surface area contributed by atoms with Gasteiger partial charge >= 0.3 is 0 Å². The lowest BCUT2D eigenvalue weighted by Gasteiger charge is -2.05. The molecule has 0 spiro atoms. The van der Waals surface area contributed by atoms with Gasteiger partial charge in [0.15, 0.2) is 11.5 Å². The van der Waals surface area contributed by atoms with Crippen LogP contribution in [0.15, 0.2) is 22.5 Å². The summed E-state index contributed by atoms with van der Waals surface area (Å²) in [7, 11) is -3.77. The highest BCUT2D eigenvalue weighted by molar-refractivity contribution is 7.91. The Labute approximate surface area is 142 Å². The quantitative estimate of drug-likeness (QED) is 0.720. The number of rotatable bonds is 6. The third-order valence-electron chi connectivity index (χ3n) is 3.06. The van der Waals surface area contributed by atoms with Gasteiger partial charge in [-0.2, -0.15) is 0 Å². The van der Waals surface area contributed by atoms with E-state index in [4.69, 9.17) is 9.47 Å². The predicted molar refractivity (Wildman–Crippen MR) is 85.7 cm³/mol.